The van der Waals surface area contributed by atoms with Gasteiger partial charge in [-0.2, -0.15) is 0 Å². The van der Waals surface area contributed by atoms with Gasteiger partial charge in [0, 0.05) is 0 Å². The lowest BCUT2D eigenvalue weighted by atomic mass is 10.4. The zero-order valence-corrected chi connectivity index (χ0v) is 9.56. The molecule has 0 heterocycles. The summed E-state index contributed by atoms with van der Waals surface area (Å²) in [6, 6.07) is 0. The average molecular weight is 208 g/mol. The van der Waals surface area contributed by atoms with E-state index in [2.05, 4.69) is 20.1 Å². The van der Waals surface area contributed by atoms with E-state index in [4.69, 9.17) is 9.05 Å². The molecule has 0 saturated carbocycles. The van der Waals surface area contributed by atoms with E-state index in [9.17, 15) is 4.89 Å². The van der Waals surface area contributed by atoms with Crippen molar-refractivity contribution in [3.05, 3.63) is 0 Å². The summed E-state index contributed by atoms with van der Waals surface area (Å²) in [4.78, 5) is 9.52. The summed E-state index contributed by atoms with van der Waals surface area (Å²) in [5, 5.41) is 0. The topological polar surface area (TPSA) is 38.7 Å². The van der Waals surface area contributed by atoms with Crippen molar-refractivity contribution in [3.8, 4) is 0 Å². The predicted molar refractivity (Wildman–Crippen MR) is 58.0 cm³/mol. The molecule has 0 spiro atoms. The molecule has 0 aliphatic rings. The van der Waals surface area contributed by atoms with Crippen LogP contribution < -0.4 is 0 Å². The van der Waals surface area contributed by atoms with Gasteiger partial charge < -0.3 is 13.9 Å². The van der Waals surface area contributed by atoms with Crippen molar-refractivity contribution >= 4 is 13.9 Å². The molecule has 0 aliphatic carbocycles. The average Bonchev–Trinajstić information content (AvgIpc) is 2.05. The van der Waals surface area contributed by atoms with E-state index in [-0.39, 0.29) is 0 Å². The molecule has 0 amide bonds. The molecule has 0 aromatic rings. The van der Waals surface area contributed by atoms with Crippen molar-refractivity contribution in [1.29, 1.82) is 0 Å². The van der Waals surface area contributed by atoms with Gasteiger partial charge in [-0.3, -0.25) is 0 Å². The van der Waals surface area contributed by atoms with Crippen LogP contribution in [0.2, 0.25) is 0 Å². The Morgan fingerprint density at radius 3 is 1.77 bits per heavy atom. The Labute approximate surface area is 81.3 Å². The number of hydrogen-bond donors (Lipinski definition) is 1. The largest absolute Gasteiger partial charge is 0.333 e. The van der Waals surface area contributed by atoms with Crippen molar-refractivity contribution in [3.63, 3.8) is 0 Å². The van der Waals surface area contributed by atoms with Crippen molar-refractivity contribution in [2.75, 3.05) is 13.2 Å². The number of unbranched alkanes of at least 4 members (excludes halogenated alkanes) is 2. The van der Waals surface area contributed by atoms with Crippen LogP contribution in [0.25, 0.3) is 0 Å². The van der Waals surface area contributed by atoms with Gasteiger partial charge in [-0.05, 0) is 19.1 Å². The molecule has 0 rings (SSSR count). The molecule has 80 valence electrons. The molecular weight excluding hydrogens is 187 g/mol. The van der Waals surface area contributed by atoms with Crippen molar-refractivity contribution in [1.82, 2.24) is 0 Å². The van der Waals surface area contributed by atoms with Crippen LogP contribution in [0, 0.1) is 0 Å². The second-order valence-electron chi connectivity index (χ2n) is 3.01. The molecular formula is C9H21O3P. The Morgan fingerprint density at radius 2 is 1.46 bits per heavy atom. The second kappa shape index (κ2) is 7.57. The van der Waals surface area contributed by atoms with Gasteiger partial charge in [0.1, 0.15) is 0 Å². The summed E-state index contributed by atoms with van der Waals surface area (Å²) in [5.74, 6) is 0. The lowest BCUT2D eigenvalue weighted by Crippen LogP contribution is -1.98. The van der Waals surface area contributed by atoms with E-state index in [1.54, 1.807) is 0 Å². The van der Waals surface area contributed by atoms with E-state index >= 15 is 0 Å². The summed E-state index contributed by atoms with van der Waals surface area (Å²) < 4.78 is 10.3. The number of hydrogen-bond acceptors (Lipinski definition) is 3. The molecule has 0 atom stereocenters. The summed E-state index contributed by atoms with van der Waals surface area (Å²) in [6.45, 7) is 5.22. The van der Waals surface area contributed by atoms with E-state index in [1.165, 1.54) is 0 Å². The first-order valence-electron chi connectivity index (χ1n) is 4.87. The molecule has 0 aliphatic heterocycles. The first kappa shape index (κ1) is 13.2. The highest BCUT2D eigenvalue weighted by Crippen LogP contribution is 2.42. The van der Waals surface area contributed by atoms with E-state index < -0.39 is 7.57 Å². The lowest BCUT2D eigenvalue weighted by molar-refractivity contribution is 0.191. The highest BCUT2D eigenvalue weighted by molar-refractivity contribution is 7.58. The maximum Gasteiger partial charge on any atom is 0.248 e. The minimum Gasteiger partial charge on any atom is -0.333 e. The molecule has 1 N–H and O–H groups in total. The van der Waals surface area contributed by atoms with Crippen LogP contribution in [-0.4, -0.2) is 24.4 Å². The van der Waals surface area contributed by atoms with Crippen LogP contribution in [0.4, 0.5) is 0 Å². The zero-order chi connectivity index (χ0) is 10.2. The monoisotopic (exact) mass is 208 g/mol. The molecule has 0 bridgehead atoms. The Morgan fingerprint density at radius 1 is 1.08 bits per heavy atom. The third-order valence-electron chi connectivity index (χ3n) is 1.58. The van der Waals surface area contributed by atoms with Crippen LogP contribution in [0.3, 0.4) is 0 Å². The maximum atomic E-state index is 9.52. The van der Waals surface area contributed by atoms with Crippen molar-refractivity contribution in [2.45, 2.75) is 39.5 Å². The summed E-state index contributed by atoms with van der Waals surface area (Å²) >= 11 is 0. The molecule has 4 heteroatoms. The lowest BCUT2D eigenvalue weighted by Gasteiger charge is -2.17. The van der Waals surface area contributed by atoms with Gasteiger partial charge >= 0.3 is 0 Å². The Kier molecular flexibility index (Phi) is 7.68. The normalized spacial score (nSPS) is 11.9. The molecule has 13 heavy (non-hydrogen) atoms. The van der Waals surface area contributed by atoms with Gasteiger partial charge in [-0.25, -0.2) is 0 Å². The van der Waals surface area contributed by atoms with Crippen LogP contribution in [-0.2, 0) is 9.05 Å². The minimum absolute atomic E-state index is 0.538. The van der Waals surface area contributed by atoms with Crippen LogP contribution in [0.5, 0.6) is 0 Å². The highest BCUT2D eigenvalue weighted by atomic mass is 31.2. The summed E-state index contributed by atoms with van der Waals surface area (Å²) in [6.07, 6.45) is 7.52. The fourth-order valence-electron chi connectivity index (χ4n) is 0.740. The van der Waals surface area contributed by atoms with Crippen molar-refractivity contribution < 1.29 is 13.9 Å². The molecule has 0 aromatic carbocycles. The third-order valence-corrected chi connectivity index (χ3v) is 2.75. The standard InChI is InChI=1S/C9H21O3P/c1-4-6-8-11-13(3,10)12-9-7-5-2/h10H,3-9H2,1-2H3. The molecule has 0 radical (unpaired) electrons. The highest BCUT2D eigenvalue weighted by Gasteiger charge is 2.09. The molecule has 0 fully saturated rings. The van der Waals surface area contributed by atoms with E-state index in [1.807, 2.05) is 0 Å². The van der Waals surface area contributed by atoms with Gasteiger partial charge in [-0.1, -0.05) is 26.7 Å². The fourth-order valence-corrected chi connectivity index (χ4v) is 1.64. The Bertz CT molecular complexity index is 145. The van der Waals surface area contributed by atoms with Crippen molar-refractivity contribution in [2.24, 2.45) is 0 Å². The first-order valence-corrected chi connectivity index (χ1v) is 6.64. The second-order valence-corrected chi connectivity index (χ2v) is 4.80. The van der Waals surface area contributed by atoms with Gasteiger partial charge in [0.2, 0.25) is 7.57 Å². The minimum atomic E-state index is -2.75. The predicted octanol–water partition coefficient (Wildman–Crippen LogP) is 2.81. The third kappa shape index (κ3) is 8.51. The molecule has 0 unspecified atom stereocenters. The van der Waals surface area contributed by atoms with Crippen LogP contribution in [0.15, 0.2) is 0 Å². The summed E-state index contributed by atoms with van der Waals surface area (Å²) in [7, 11) is -2.75. The fraction of sp³-hybridized carbons (Fsp3) is 0.889. The maximum absolute atomic E-state index is 9.52. The zero-order valence-electron chi connectivity index (χ0n) is 8.66. The van der Waals surface area contributed by atoms with Gasteiger partial charge in [0.25, 0.3) is 0 Å². The first-order chi connectivity index (χ1) is 6.12. The smallest absolute Gasteiger partial charge is 0.248 e. The van der Waals surface area contributed by atoms with Gasteiger partial charge in [-0.15, -0.1) is 0 Å². The SMILES string of the molecule is C=P(O)(OCCCC)OCCCC. The van der Waals surface area contributed by atoms with Crippen LogP contribution >= 0.6 is 7.57 Å². The Balaban J connectivity index is 3.49. The molecule has 3 nitrogen and oxygen atoms in total. The van der Waals surface area contributed by atoms with Gasteiger partial charge in [0.15, 0.2) is 0 Å². The molecule has 0 saturated heterocycles. The van der Waals surface area contributed by atoms with E-state index in [0.29, 0.717) is 13.2 Å². The van der Waals surface area contributed by atoms with Crippen LogP contribution in [0.1, 0.15) is 39.5 Å². The Hall–Kier alpha value is 0.180. The quantitative estimate of drug-likeness (QED) is 0.492. The molecule has 0 aromatic heterocycles. The number of rotatable bonds is 8. The van der Waals surface area contributed by atoms with Gasteiger partial charge in [0.05, 0.1) is 13.2 Å². The summed E-state index contributed by atoms with van der Waals surface area (Å²) in [5.41, 5.74) is 0. The van der Waals surface area contributed by atoms with E-state index in [0.717, 1.165) is 25.7 Å².